The van der Waals surface area contributed by atoms with Crippen molar-refractivity contribution in [3.63, 3.8) is 0 Å². The largest absolute Gasteiger partial charge is 0.487 e. The number of fused-ring (bicyclic) bond motifs is 1. The fourth-order valence-corrected chi connectivity index (χ4v) is 2.74. The van der Waals surface area contributed by atoms with Gasteiger partial charge in [0, 0.05) is 18.0 Å². The van der Waals surface area contributed by atoms with E-state index in [-0.39, 0.29) is 18.1 Å². The highest BCUT2D eigenvalue weighted by Crippen LogP contribution is 2.15. The number of hydrogen-bond donors (Lipinski definition) is 0. The van der Waals surface area contributed by atoms with Crippen molar-refractivity contribution in [2.45, 2.75) is 6.61 Å². The third-order valence-electron chi connectivity index (χ3n) is 4.06. The van der Waals surface area contributed by atoms with Crippen molar-refractivity contribution in [3.05, 3.63) is 94.5 Å². The van der Waals surface area contributed by atoms with Crippen LogP contribution in [0.2, 0.25) is 0 Å². The van der Waals surface area contributed by atoms with Crippen LogP contribution in [0.5, 0.6) is 5.75 Å². The lowest BCUT2D eigenvalue weighted by Crippen LogP contribution is -2.24. The molecule has 0 amide bonds. The Hall–Kier alpha value is -3.85. The molecule has 6 heteroatoms. The molecule has 0 atom stereocenters. The van der Waals surface area contributed by atoms with Crippen molar-refractivity contribution >= 4 is 5.65 Å². The molecule has 0 aliphatic carbocycles. The number of imidazole rings is 1. The molecular formula is C21H14FN3O2. The molecule has 0 fully saturated rings. The van der Waals surface area contributed by atoms with Gasteiger partial charge in [0.05, 0.1) is 11.4 Å². The van der Waals surface area contributed by atoms with Crippen molar-refractivity contribution in [2.75, 3.05) is 0 Å². The molecule has 0 spiro atoms. The average Bonchev–Trinajstić information content (AvgIpc) is 3.12. The quantitative estimate of drug-likeness (QED) is 0.526. The van der Waals surface area contributed by atoms with E-state index in [1.54, 1.807) is 42.7 Å². The molecule has 0 saturated heterocycles. The number of terminal acetylenes is 1. The van der Waals surface area contributed by atoms with Gasteiger partial charge in [-0.15, -0.1) is 6.42 Å². The Morgan fingerprint density at radius 2 is 1.96 bits per heavy atom. The van der Waals surface area contributed by atoms with Crippen LogP contribution in [0.1, 0.15) is 11.3 Å². The van der Waals surface area contributed by atoms with Gasteiger partial charge in [-0.2, -0.15) is 0 Å². The van der Waals surface area contributed by atoms with Gasteiger partial charge in [0.1, 0.15) is 23.8 Å². The van der Waals surface area contributed by atoms with Crippen LogP contribution in [0.15, 0.2) is 71.8 Å². The van der Waals surface area contributed by atoms with E-state index in [1.807, 2.05) is 12.1 Å². The zero-order chi connectivity index (χ0) is 18.8. The van der Waals surface area contributed by atoms with Gasteiger partial charge in [-0.05, 0) is 48.5 Å². The number of nitrogens with zero attached hydrogens (tertiary/aromatic N) is 3. The van der Waals surface area contributed by atoms with Crippen LogP contribution < -0.4 is 10.4 Å². The summed E-state index contributed by atoms with van der Waals surface area (Å²) in [5.41, 5.74) is 2.11. The van der Waals surface area contributed by atoms with E-state index in [0.29, 0.717) is 22.8 Å². The minimum atomic E-state index is -0.358. The first-order valence-electron chi connectivity index (χ1n) is 8.19. The number of aromatic nitrogens is 3. The molecule has 132 valence electrons. The van der Waals surface area contributed by atoms with E-state index in [9.17, 15) is 9.18 Å². The number of rotatable bonds is 4. The molecule has 0 aliphatic rings. The molecule has 0 saturated carbocycles. The van der Waals surface area contributed by atoms with Crippen molar-refractivity contribution < 1.29 is 9.13 Å². The predicted molar refractivity (Wildman–Crippen MR) is 99.5 cm³/mol. The van der Waals surface area contributed by atoms with Crippen LogP contribution in [0.25, 0.3) is 11.3 Å². The summed E-state index contributed by atoms with van der Waals surface area (Å²) in [5, 5.41) is 0. The Bertz CT molecular complexity index is 1220. The summed E-state index contributed by atoms with van der Waals surface area (Å²) in [7, 11) is 0. The Balaban J connectivity index is 1.62. The third kappa shape index (κ3) is 3.31. The van der Waals surface area contributed by atoms with Crippen LogP contribution >= 0.6 is 0 Å². The summed E-state index contributed by atoms with van der Waals surface area (Å²) in [6, 6.07) is 14.6. The smallest absolute Gasteiger partial charge is 0.338 e. The number of benzene rings is 2. The summed E-state index contributed by atoms with van der Waals surface area (Å²) in [6.45, 7) is 0.200. The fraction of sp³-hybridized carbons (Fsp3) is 0.0476. The van der Waals surface area contributed by atoms with E-state index < -0.39 is 0 Å². The lowest BCUT2D eigenvalue weighted by atomic mass is 10.2. The van der Waals surface area contributed by atoms with Crippen LogP contribution in [-0.2, 0) is 6.61 Å². The molecular weight excluding hydrogens is 345 g/mol. The molecule has 0 radical (unpaired) electrons. The molecule has 2 aromatic carbocycles. The van der Waals surface area contributed by atoms with Gasteiger partial charge in [0.2, 0.25) is 0 Å². The molecule has 0 N–H and O–H groups in total. The zero-order valence-corrected chi connectivity index (χ0v) is 14.2. The Kier molecular flexibility index (Phi) is 4.19. The summed E-state index contributed by atoms with van der Waals surface area (Å²) >= 11 is 0. The number of hydrogen-bond acceptors (Lipinski definition) is 3. The second-order valence-electron chi connectivity index (χ2n) is 5.87. The highest BCUT2D eigenvalue weighted by atomic mass is 19.1. The summed E-state index contributed by atoms with van der Waals surface area (Å²) in [4.78, 5) is 17.1. The Morgan fingerprint density at radius 1 is 1.15 bits per heavy atom. The average molecular weight is 359 g/mol. The zero-order valence-electron chi connectivity index (χ0n) is 14.2. The topological polar surface area (TPSA) is 48.5 Å². The molecule has 0 bridgehead atoms. The van der Waals surface area contributed by atoms with Crippen molar-refractivity contribution in [2.24, 2.45) is 0 Å². The first-order valence-corrected chi connectivity index (χ1v) is 8.19. The third-order valence-corrected chi connectivity index (χ3v) is 4.06. The molecule has 0 unspecified atom stereocenters. The van der Waals surface area contributed by atoms with Gasteiger partial charge in [0.15, 0.2) is 0 Å². The van der Waals surface area contributed by atoms with Crippen molar-refractivity contribution in [1.82, 2.24) is 14.0 Å². The van der Waals surface area contributed by atoms with Crippen LogP contribution in [-0.4, -0.2) is 14.0 Å². The van der Waals surface area contributed by atoms with Crippen LogP contribution in [0, 0.1) is 18.2 Å². The van der Waals surface area contributed by atoms with E-state index in [4.69, 9.17) is 11.2 Å². The highest BCUT2D eigenvalue weighted by Gasteiger charge is 2.09. The number of halogens is 1. The first kappa shape index (κ1) is 16.6. The van der Waals surface area contributed by atoms with Crippen LogP contribution in [0.4, 0.5) is 4.39 Å². The molecule has 4 aromatic rings. The molecule has 5 nitrogen and oxygen atoms in total. The molecule has 27 heavy (non-hydrogen) atoms. The van der Waals surface area contributed by atoms with Gasteiger partial charge >= 0.3 is 5.69 Å². The lowest BCUT2D eigenvalue weighted by molar-refractivity contribution is 0.302. The SMILES string of the molecule is C#Cc1cccc(OCc2cn3c(=O)n(-c4ccc(F)cc4)ccc3n2)c1. The Morgan fingerprint density at radius 3 is 2.74 bits per heavy atom. The minimum Gasteiger partial charge on any atom is -0.487 e. The Labute approximate surface area is 154 Å². The van der Waals surface area contributed by atoms with Gasteiger partial charge in [-0.25, -0.2) is 14.2 Å². The first-order chi connectivity index (χ1) is 13.1. The summed E-state index contributed by atoms with van der Waals surface area (Å²) in [5.74, 6) is 2.83. The maximum Gasteiger partial charge on any atom is 0.338 e. The summed E-state index contributed by atoms with van der Waals surface area (Å²) in [6.07, 6.45) is 8.62. The van der Waals surface area contributed by atoms with Gasteiger partial charge in [-0.3, -0.25) is 8.97 Å². The molecule has 4 rings (SSSR count). The molecule has 2 aromatic heterocycles. The second-order valence-corrected chi connectivity index (χ2v) is 5.87. The molecule has 2 heterocycles. The van der Waals surface area contributed by atoms with Gasteiger partial charge in [-0.1, -0.05) is 12.0 Å². The fourth-order valence-electron chi connectivity index (χ4n) is 2.74. The predicted octanol–water partition coefficient (Wildman–Crippen LogP) is 3.18. The standard InChI is InChI=1S/C21H14FN3O2/c1-2-15-4-3-5-19(12-15)27-14-17-13-25-20(23-17)10-11-24(21(25)26)18-8-6-16(22)7-9-18/h1,3-13H,14H2. The van der Waals surface area contributed by atoms with Crippen LogP contribution in [0.3, 0.4) is 0 Å². The summed E-state index contributed by atoms with van der Waals surface area (Å²) < 4.78 is 21.7. The molecule has 0 aliphatic heterocycles. The van der Waals surface area contributed by atoms with Crippen molar-refractivity contribution in [3.8, 4) is 23.8 Å². The normalized spacial score (nSPS) is 10.7. The van der Waals surface area contributed by atoms with E-state index in [1.165, 1.54) is 21.1 Å². The van der Waals surface area contributed by atoms with E-state index in [2.05, 4.69) is 10.9 Å². The second kappa shape index (κ2) is 6.81. The monoisotopic (exact) mass is 359 g/mol. The highest BCUT2D eigenvalue weighted by molar-refractivity contribution is 5.41. The maximum absolute atomic E-state index is 13.1. The van der Waals surface area contributed by atoms with Gasteiger partial charge < -0.3 is 4.74 Å². The van der Waals surface area contributed by atoms with E-state index >= 15 is 0 Å². The lowest BCUT2D eigenvalue weighted by Gasteiger charge is -2.05. The van der Waals surface area contributed by atoms with Crippen molar-refractivity contribution in [1.29, 1.82) is 0 Å². The van der Waals surface area contributed by atoms with E-state index in [0.717, 1.165) is 5.56 Å². The maximum atomic E-state index is 13.1. The number of ether oxygens (including phenoxy) is 1. The van der Waals surface area contributed by atoms with Gasteiger partial charge in [0.25, 0.3) is 0 Å². The minimum absolute atomic E-state index is 0.200.